The Hall–Kier alpha value is -1.99. The molecule has 1 heterocycles. The molecule has 1 saturated heterocycles. The predicted molar refractivity (Wildman–Crippen MR) is 104 cm³/mol. The first-order chi connectivity index (χ1) is 12.2. The number of likely N-dealkylation sites (N-methyl/N-ethyl adjacent to an activating group) is 1. The molecule has 0 saturated carbocycles. The first kappa shape index (κ1) is 20.3. The monoisotopic (exact) mass is 382 g/mol. The zero-order chi connectivity index (χ0) is 19.3. The molecule has 1 fully saturated rings. The van der Waals surface area contributed by atoms with Crippen LogP contribution in [0.3, 0.4) is 0 Å². The SMILES string of the molecule is CN(CC(=O)NC(C)(C)C)C(=O)Nc1cc(Cl)ccc1N1CCOCC1. The predicted octanol–water partition coefficient (Wildman–Crippen LogP) is 2.55. The van der Waals surface area contributed by atoms with Crippen LogP contribution in [-0.4, -0.2) is 62.3 Å². The van der Waals surface area contributed by atoms with Crippen molar-refractivity contribution < 1.29 is 14.3 Å². The van der Waals surface area contributed by atoms with Gasteiger partial charge in [-0.15, -0.1) is 0 Å². The van der Waals surface area contributed by atoms with Crippen LogP contribution in [0.2, 0.25) is 5.02 Å². The second kappa shape index (κ2) is 8.60. The van der Waals surface area contributed by atoms with E-state index in [0.717, 1.165) is 18.8 Å². The number of hydrogen-bond acceptors (Lipinski definition) is 4. The van der Waals surface area contributed by atoms with Gasteiger partial charge in [-0.05, 0) is 39.0 Å². The molecule has 0 radical (unpaired) electrons. The summed E-state index contributed by atoms with van der Waals surface area (Å²) in [6.45, 7) is 8.42. The fraction of sp³-hybridized carbons (Fsp3) is 0.556. The number of rotatable bonds is 4. The number of halogens is 1. The highest BCUT2D eigenvalue weighted by Gasteiger charge is 2.20. The molecule has 8 heteroatoms. The molecule has 0 aliphatic carbocycles. The number of amides is 3. The lowest BCUT2D eigenvalue weighted by Crippen LogP contribution is -2.47. The Morgan fingerprint density at radius 2 is 1.92 bits per heavy atom. The molecule has 26 heavy (non-hydrogen) atoms. The van der Waals surface area contributed by atoms with Gasteiger partial charge in [0.1, 0.15) is 6.54 Å². The van der Waals surface area contributed by atoms with Crippen molar-refractivity contribution in [1.29, 1.82) is 0 Å². The molecule has 144 valence electrons. The van der Waals surface area contributed by atoms with E-state index in [9.17, 15) is 9.59 Å². The quantitative estimate of drug-likeness (QED) is 0.839. The number of ether oxygens (including phenoxy) is 1. The van der Waals surface area contributed by atoms with Gasteiger partial charge in [0.2, 0.25) is 5.91 Å². The summed E-state index contributed by atoms with van der Waals surface area (Å²) in [4.78, 5) is 28.0. The van der Waals surface area contributed by atoms with Gasteiger partial charge < -0.3 is 25.2 Å². The highest BCUT2D eigenvalue weighted by molar-refractivity contribution is 6.31. The van der Waals surface area contributed by atoms with Gasteiger partial charge in [-0.1, -0.05) is 11.6 Å². The Balaban J connectivity index is 2.05. The largest absolute Gasteiger partial charge is 0.378 e. The second-order valence-corrected chi connectivity index (χ2v) is 7.78. The Morgan fingerprint density at radius 3 is 2.54 bits per heavy atom. The van der Waals surface area contributed by atoms with Gasteiger partial charge in [0.25, 0.3) is 0 Å². The highest BCUT2D eigenvalue weighted by Crippen LogP contribution is 2.30. The zero-order valence-electron chi connectivity index (χ0n) is 15.8. The van der Waals surface area contributed by atoms with Crippen molar-refractivity contribution in [3.05, 3.63) is 23.2 Å². The smallest absolute Gasteiger partial charge is 0.322 e. The van der Waals surface area contributed by atoms with Crippen LogP contribution >= 0.6 is 11.6 Å². The molecule has 0 atom stereocenters. The number of benzene rings is 1. The number of nitrogens with zero attached hydrogens (tertiary/aromatic N) is 2. The van der Waals surface area contributed by atoms with Crippen molar-refractivity contribution >= 4 is 34.9 Å². The molecule has 1 aromatic carbocycles. The Labute approximate surface area is 159 Å². The lowest BCUT2D eigenvalue weighted by Gasteiger charge is -2.31. The highest BCUT2D eigenvalue weighted by atomic mass is 35.5. The fourth-order valence-corrected chi connectivity index (χ4v) is 2.82. The van der Waals surface area contributed by atoms with Gasteiger partial charge in [-0.2, -0.15) is 0 Å². The van der Waals surface area contributed by atoms with Crippen molar-refractivity contribution in [2.45, 2.75) is 26.3 Å². The van der Waals surface area contributed by atoms with Crippen LogP contribution in [0.15, 0.2) is 18.2 Å². The van der Waals surface area contributed by atoms with E-state index in [1.807, 2.05) is 26.8 Å². The Morgan fingerprint density at radius 1 is 1.27 bits per heavy atom. The molecule has 7 nitrogen and oxygen atoms in total. The van der Waals surface area contributed by atoms with Crippen molar-refractivity contribution in [2.75, 3.05) is 50.1 Å². The van der Waals surface area contributed by atoms with E-state index in [4.69, 9.17) is 16.3 Å². The average Bonchev–Trinajstić information content (AvgIpc) is 2.54. The zero-order valence-corrected chi connectivity index (χ0v) is 16.5. The minimum atomic E-state index is -0.370. The summed E-state index contributed by atoms with van der Waals surface area (Å²) in [5.74, 6) is -0.213. The molecule has 0 unspecified atom stereocenters. The lowest BCUT2D eigenvalue weighted by molar-refractivity contribution is -0.122. The molecule has 1 aliphatic heterocycles. The molecule has 2 N–H and O–H groups in total. The summed E-state index contributed by atoms with van der Waals surface area (Å²) >= 11 is 6.10. The van der Waals surface area contributed by atoms with Crippen LogP contribution in [0.1, 0.15) is 20.8 Å². The third-order valence-electron chi connectivity index (χ3n) is 3.79. The summed E-state index contributed by atoms with van der Waals surface area (Å²) < 4.78 is 5.38. The molecular weight excluding hydrogens is 356 g/mol. The summed E-state index contributed by atoms with van der Waals surface area (Å²) in [5.41, 5.74) is 1.16. The van der Waals surface area contributed by atoms with Crippen LogP contribution in [0, 0.1) is 0 Å². The molecule has 0 aromatic heterocycles. The standard InChI is InChI=1S/C18H27ClN4O3/c1-18(2,3)21-16(24)12-22(4)17(25)20-14-11-13(19)5-6-15(14)23-7-9-26-10-8-23/h5-6,11H,7-10,12H2,1-4H3,(H,20,25)(H,21,24). The lowest BCUT2D eigenvalue weighted by atomic mass is 10.1. The minimum absolute atomic E-state index is 0.0312. The van der Waals surface area contributed by atoms with Crippen LogP contribution in [-0.2, 0) is 9.53 Å². The van der Waals surface area contributed by atoms with E-state index < -0.39 is 0 Å². The van der Waals surface area contributed by atoms with Gasteiger partial charge in [0.05, 0.1) is 24.6 Å². The third-order valence-corrected chi connectivity index (χ3v) is 4.03. The van der Waals surface area contributed by atoms with Gasteiger partial charge in [0, 0.05) is 30.7 Å². The maximum atomic E-state index is 12.5. The molecule has 0 spiro atoms. The van der Waals surface area contributed by atoms with Gasteiger partial charge in [-0.25, -0.2) is 4.79 Å². The molecular formula is C18H27ClN4O3. The summed E-state index contributed by atoms with van der Waals surface area (Å²) in [6, 6.07) is 5.02. The number of anilines is 2. The number of carbonyl (C=O) groups excluding carboxylic acids is 2. The van der Waals surface area contributed by atoms with Crippen molar-refractivity contribution in [2.24, 2.45) is 0 Å². The molecule has 0 bridgehead atoms. The maximum Gasteiger partial charge on any atom is 0.322 e. The van der Waals surface area contributed by atoms with Gasteiger partial charge in [0.15, 0.2) is 0 Å². The topological polar surface area (TPSA) is 73.9 Å². The van der Waals surface area contributed by atoms with Crippen molar-refractivity contribution in [3.8, 4) is 0 Å². The molecule has 1 aliphatic rings. The van der Waals surface area contributed by atoms with E-state index in [1.54, 1.807) is 19.2 Å². The summed E-state index contributed by atoms with van der Waals surface area (Å²) in [7, 11) is 1.58. The number of morpholine rings is 1. The van der Waals surface area contributed by atoms with Gasteiger partial charge >= 0.3 is 6.03 Å². The summed E-state index contributed by atoms with van der Waals surface area (Å²) in [6.07, 6.45) is 0. The van der Waals surface area contributed by atoms with Crippen LogP contribution in [0.25, 0.3) is 0 Å². The first-order valence-corrected chi connectivity index (χ1v) is 8.99. The van der Waals surface area contributed by atoms with Crippen molar-refractivity contribution in [3.63, 3.8) is 0 Å². The third kappa shape index (κ3) is 6.07. The van der Waals surface area contributed by atoms with E-state index in [1.165, 1.54) is 4.90 Å². The Kier molecular flexibility index (Phi) is 6.72. The van der Waals surface area contributed by atoms with Crippen LogP contribution in [0.5, 0.6) is 0 Å². The molecule has 1 aromatic rings. The Bertz CT molecular complexity index is 654. The van der Waals surface area contributed by atoms with E-state index in [-0.39, 0.29) is 24.0 Å². The number of nitrogens with one attached hydrogen (secondary N) is 2. The number of carbonyl (C=O) groups is 2. The van der Waals surface area contributed by atoms with E-state index >= 15 is 0 Å². The van der Waals surface area contributed by atoms with Crippen molar-refractivity contribution in [1.82, 2.24) is 10.2 Å². The van der Waals surface area contributed by atoms with Crippen LogP contribution in [0.4, 0.5) is 16.2 Å². The maximum absolute atomic E-state index is 12.5. The second-order valence-electron chi connectivity index (χ2n) is 7.35. The van der Waals surface area contributed by atoms with E-state index in [0.29, 0.717) is 23.9 Å². The number of urea groups is 1. The normalized spacial score (nSPS) is 14.7. The van der Waals surface area contributed by atoms with E-state index in [2.05, 4.69) is 15.5 Å². The van der Waals surface area contributed by atoms with Crippen LogP contribution < -0.4 is 15.5 Å². The van der Waals surface area contributed by atoms with Gasteiger partial charge in [-0.3, -0.25) is 4.79 Å². The number of hydrogen-bond donors (Lipinski definition) is 2. The molecule has 3 amide bonds. The minimum Gasteiger partial charge on any atom is -0.378 e. The average molecular weight is 383 g/mol. The first-order valence-electron chi connectivity index (χ1n) is 8.61. The summed E-state index contributed by atoms with van der Waals surface area (Å²) in [5, 5.41) is 6.23. The fourth-order valence-electron chi connectivity index (χ4n) is 2.64. The molecule has 2 rings (SSSR count).